The number of carbonyl (C=O) groups is 1. The molecule has 2 aliphatic rings. The number of aromatic nitrogens is 4. The summed E-state index contributed by atoms with van der Waals surface area (Å²) in [5.74, 6) is -0.530. The van der Waals surface area contributed by atoms with Gasteiger partial charge in [0, 0.05) is 81.4 Å². The van der Waals surface area contributed by atoms with Crippen LogP contribution in [0.15, 0.2) is 78.4 Å². The molecule has 2 amide bonds. The third kappa shape index (κ3) is 7.70. The van der Waals surface area contributed by atoms with E-state index in [1.54, 1.807) is 10.9 Å². The minimum absolute atomic E-state index is 0.0365. The van der Waals surface area contributed by atoms with Gasteiger partial charge in [0.2, 0.25) is 0 Å². The number of hydrogen-bond acceptors (Lipinski definition) is 6. The number of aryl methyl sites for hydroxylation is 1. The van der Waals surface area contributed by atoms with Gasteiger partial charge in [-0.2, -0.15) is 18.3 Å². The molecule has 3 N–H and O–H groups in total. The van der Waals surface area contributed by atoms with Crippen molar-refractivity contribution in [3.8, 4) is 11.3 Å². The number of allylic oxidation sites excluding steroid dienone is 3. The van der Waals surface area contributed by atoms with Crippen LogP contribution in [0.4, 0.5) is 33.7 Å². The second-order valence-corrected chi connectivity index (χ2v) is 12.6. The molecule has 0 aliphatic carbocycles. The molecule has 5 heterocycles. The maximum Gasteiger partial charge on any atom is 0.416 e. The summed E-state index contributed by atoms with van der Waals surface area (Å²) in [5.41, 5.74) is 4.15. The van der Waals surface area contributed by atoms with Crippen LogP contribution in [-0.4, -0.2) is 93.0 Å². The lowest BCUT2D eigenvalue weighted by Gasteiger charge is -2.33. The van der Waals surface area contributed by atoms with Gasteiger partial charge >= 0.3 is 12.2 Å². The number of carbonyl (C=O) groups excluding carboxylic acids is 1. The Balaban J connectivity index is 1.17. The number of pyridine rings is 1. The molecule has 0 unspecified atom stereocenters. The molecule has 258 valence electrons. The van der Waals surface area contributed by atoms with Crippen molar-refractivity contribution in [3.63, 3.8) is 0 Å². The molecule has 10 nitrogen and oxygen atoms in total. The summed E-state index contributed by atoms with van der Waals surface area (Å²) in [4.78, 5) is 26.4. The summed E-state index contributed by atoms with van der Waals surface area (Å²) in [6, 6.07) is 6.91. The third-order valence-electron chi connectivity index (χ3n) is 9.00. The van der Waals surface area contributed by atoms with Crippen LogP contribution in [0, 0.1) is 5.82 Å². The highest BCUT2D eigenvalue weighted by Gasteiger charge is 2.35. The van der Waals surface area contributed by atoms with E-state index in [2.05, 4.69) is 37.2 Å². The highest BCUT2D eigenvalue weighted by Crippen LogP contribution is 2.34. The Bertz CT molecular complexity index is 1930. The zero-order chi connectivity index (χ0) is 34.9. The number of urea groups is 1. The summed E-state index contributed by atoms with van der Waals surface area (Å²) in [6.45, 7) is 8.86. The monoisotopic (exact) mass is 677 g/mol. The summed E-state index contributed by atoms with van der Waals surface area (Å²) in [6.07, 6.45) is 2.82. The van der Waals surface area contributed by atoms with Crippen LogP contribution in [0.25, 0.3) is 22.3 Å². The molecular weight excluding hydrogens is 638 g/mol. The molecule has 3 aromatic heterocycles. The number of likely N-dealkylation sites (N-methyl/N-ethyl adjacent to an activating group) is 1. The van der Waals surface area contributed by atoms with Gasteiger partial charge in [-0.1, -0.05) is 12.6 Å². The van der Waals surface area contributed by atoms with Crippen LogP contribution in [0.1, 0.15) is 18.1 Å². The van der Waals surface area contributed by atoms with E-state index in [1.807, 2.05) is 49.5 Å². The number of anilines is 2. The third-order valence-corrected chi connectivity index (χ3v) is 9.00. The van der Waals surface area contributed by atoms with Gasteiger partial charge in [-0.3, -0.25) is 9.58 Å². The van der Waals surface area contributed by atoms with Crippen LogP contribution in [0.3, 0.4) is 0 Å². The zero-order valence-corrected chi connectivity index (χ0v) is 27.7. The summed E-state index contributed by atoms with van der Waals surface area (Å²) >= 11 is 0. The lowest BCUT2D eigenvalue weighted by Crippen LogP contribution is -2.45. The number of alkyl halides is 3. The fraction of sp³-hybridized carbons (Fsp3) is 0.343. The highest BCUT2D eigenvalue weighted by atomic mass is 19.4. The maximum absolute atomic E-state index is 15.1. The Morgan fingerprint density at radius 3 is 2.55 bits per heavy atom. The van der Waals surface area contributed by atoms with Crippen molar-refractivity contribution in [2.45, 2.75) is 26.1 Å². The van der Waals surface area contributed by atoms with Crippen LogP contribution < -0.4 is 10.6 Å². The van der Waals surface area contributed by atoms with Crippen LogP contribution in [0.2, 0.25) is 0 Å². The molecule has 49 heavy (non-hydrogen) atoms. The van der Waals surface area contributed by atoms with Crippen molar-refractivity contribution in [1.29, 1.82) is 0 Å². The van der Waals surface area contributed by atoms with Crippen LogP contribution in [0.5, 0.6) is 0 Å². The summed E-state index contributed by atoms with van der Waals surface area (Å²) in [5, 5.41) is 10.6. The van der Waals surface area contributed by atoms with Crippen LogP contribution >= 0.6 is 0 Å². The number of H-pyrrole nitrogens is 1. The zero-order valence-electron chi connectivity index (χ0n) is 27.7. The number of nitrogens with one attached hydrogen (secondary N) is 3. The Hall–Kier alpha value is -4.95. The molecule has 1 saturated heterocycles. The number of amides is 2. The van der Waals surface area contributed by atoms with Gasteiger partial charge in [-0.25, -0.2) is 14.2 Å². The number of benzene rings is 1. The van der Waals surface area contributed by atoms with Gasteiger partial charge in [0.25, 0.3) is 0 Å². The normalized spacial score (nSPS) is 16.8. The van der Waals surface area contributed by atoms with Gasteiger partial charge < -0.3 is 25.4 Å². The first-order chi connectivity index (χ1) is 23.4. The average Bonchev–Trinajstić information content (AvgIpc) is 3.70. The van der Waals surface area contributed by atoms with Crippen molar-refractivity contribution in [3.05, 3.63) is 95.4 Å². The van der Waals surface area contributed by atoms with E-state index in [4.69, 9.17) is 0 Å². The smallest absolute Gasteiger partial charge is 0.352 e. The number of nitrogens with zero attached hydrogens (tertiary/aromatic N) is 6. The molecule has 2 aliphatic heterocycles. The van der Waals surface area contributed by atoms with Crippen molar-refractivity contribution >= 4 is 28.4 Å². The lowest BCUT2D eigenvalue weighted by atomic mass is 9.99. The first-order valence-electron chi connectivity index (χ1n) is 16.0. The first kappa shape index (κ1) is 33.9. The summed E-state index contributed by atoms with van der Waals surface area (Å²) in [7, 11) is 3.80. The molecule has 0 spiro atoms. The number of aromatic amines is 1. The maximum atomic E-state index is 15.1. The molecule has 0 bridgehead atoms. The van der Waals surface area contributed by atoms with E-state index in [9.17, 15) is 18.0 Å². The van der Waals surface area contributed by atoms with Gasteiger partial charge in [0.1, 0.15) is 5.65 Å². The minimum Gasteiger partial charge on any atom is -0.352 e. The van der Waals surface area contributed by atoms with Gasteiger partial charge in [-0.05, 0) is 67.4 Å². The highest BCUT2D eigenvalue weighted by molar-refractivity contribution is 5.95. The lowest BCUT2D eigenvalue weighted by molar-refractivity contribution is -0.0893. The predicted octanol–water partition coefficient (Wildman–Crippen LogP) is 6.11. The van der Waals surface area contributed by atoms with E-state index in [-0.39, 0.29) is 30.0 Å². The predicted molar refractivity (Wildman–Crippen MR) is 182 cm³/mol. The molecule has 6 rings (SSSR count). The quantitative estimate of drug-likeness (QED) is 0.154. The Kier molecular flexibility index (Phi) is 9.61. The van der Waals surface area contributed by atoms with E-state index in [1.165, 1.54) is 17.9 Å². The first-order valence-corrected chi connectivity index (χ1v) is 16.0. The SMILES string of the molecule is C=C/C(=C\C(=C(/C)CN1CCN(C)CC1)C(F)(F)F)NC(=O)N1CCc2ccc(Nc3c(F)cnc4[nH]c(-c5cnn(C)c5)cc34)cc2C1. The Labute approximate surface area is 281 Å². The molecule has 0 radical (unpaired) electrons. The van der Waals surface area contributed by atoms with Crippen molar-refractivity contribution in [2.75, 3.05) is 51.6 Å². The van der Waals surface area contributed by atoms with Gasteiger partial charge in [0.15, 0.2) is 5.82 Å². The average molecular weight is 678 g/mol. The van der Waals surface area contributed by atoms with Gasteiger partial charge in [-0.15, -0.1) is 0 Å². The van der Waals surface area contributed by atoms with Crippen molar-refractivity contribution < 1.29 is 22.4 Å². The van der Waals surface area contributed by atoms with E-state index in [0.717, 1.165) is 47.7 Å². The number of piperazine rings is 1. The second-order valence-electron chi connectivity index (χ2n) is 12.6. The standard InChI is InChI=1S/C35H39F4N9O/c1-5-26(15-29(35(37,38)39)22(2)19-47-12-10-45(3)11-13-47)43-34(49)48-9-8-23-6-7-27(14-24(23)21-48)42-32-28-16-31(25-17-41-46(4)20-25)44-33(28)40-18-30(32)36/h5-7,14-18,20H,1,8-13,19,21H2,2-4H3,(H,43,49)(H2,40,42,44)/b26-15+,29-22-. The van der Waals surface area contributed by atoms with Crippen molar-refractivity contribution in [1.82, 2.24) is 39.8 Å². The number of rotatable bonds is 8. The van der Waals surface area contributed by atoms with Crippen LogP contribution in [-0.2, 0) is 20.0 Å². The van der Waals surface area contributed by atoms with E-state index >= 15 is 4.39 Å². The molecule has 0 atom stereocenters. The molecule has 1 fully saturated rings. The Morgan fingerprint density at radius 1 is 1.08 bits per heavy atom. The Morgan fingerprint density at radius 2 is 1.86 bits per heavy atom. The fourth-order valence-electron chi connectivity index (χ4n) is 6.22. The molecule has 0 saturated carbocycles. The van der Waals surface area contributed by atoms with Gasteiger partial charge in [0.05, 0.1) is 29.3 Å². The summed E-state index contributed by atoms with van der Waals surface area (Å²) < 4.78 is 59.4. The fourth-order valence-corrected chi connectivity index (χ4v) is 6.22. The second kappa shape index (κ2) is 13.9. The molecule has 14 heteroatoms. The van der Waals surface area contributed by atoms with E-state index < -0.39 is 23.6 Å². The largest absolute Gasteiger partial charge is 0.416 e. The molecule has 1 aromatic carbocycles. The molecular formula is C35H39F4N9O. The number of hydrogen-bond donors (Lipinski definition) is 3. The topological polar surface area (TPSA) is 97.3 Å². The number of halogens is 4. The minimum atomic E-state index is -4.61. The number of fused-ring (bicyclic) bond motifs is 2. The van der Waals surface area contributed by atoms with Crippen molar-refractivity contribution in [2.24, 2.45) is 7.05 Å². The van der Waals surface area contributed by atoms with E-state index in [0.29, 0.717) is 42.8 Å². The molecule has 4 aromatic rings.